The lowest BCUT2D eigenvalue weighted by atomic mass is 9.85. The third-order valence-corrected chi connectivity index (χ3v) is 9.72. The van der Waals surface area contributed by atoms with E-state index in [0.717, 1.165) is 11.8 Å². The number of ether oxygens (including phenoxy) is 2. The number of hydrogen-bond acceptors (Lipinski definition) is 9. The number of anilines is 2. The highest BCUT2D eigenvalue weighted by atomic mass is 32.2. The number of piperazine rings is 1. The van der Waals surface area contributed by atoms with Crippen LogP contribution in [0.5, 0.6) is 5.75 Å². The van der Waals surface area contributed by atoms with Gasteiger partial charge in [0, 0.05) is 55.9 Å². The monoisotopic (exact) mass is 659 g/mol. The van der Waals surface area contributed by atoms with Crippen molar-refractivity contribution >= 4 is 33.4 Å². The van der Waals surface area contributed by atoms with Crippen molar-refractivity contribution in [3.05, 3.63) is 114 Å². The minimum Gasteiger partial charge on any atom is -0.493 e. The van der Waals surface area contributed by atoms with Crippen molar-refractivity contribution in [1.29, 1.82) is 5.26 Å². The first-order valence-corrected chi connectivity index (χ1v) is 16.0. The highest BCUT2D eigenvalue weighted by Gasteiger charge is 2.61. The molecule has 2 aliphatic heterocycles. The molecule has 0 N–H and O–H groups in total. The molecule has 2 aliphatic rings. The molecule has 3 heterocycles. The van der Waals surface area contributed by atoms with Gasteiger partial charge in [-0.2, -0.15) is 9.57 Å². The van der Waals surface area contributed by atoms with Crippen LogP contribution in [-0.4, -0.2) is 63.1 Å². The van der Waals surface area contributed by atoms with Gasteiger partial charge in [0.25, 0.3) is 15.9 Å². The number of nitriles is 1. The molecule has 0 radical (unpaired) electrons. The number of carbonyl (C=O) groups is 2. The summed E-state index contributed by atoms with van der Waals surface area (Å²) in [5.41, 5.74) is -1.99. The molecule has 3 aromatic carbocycles. The lowest BCUT2D eigenvalue weighted by molar-refractivity contribution is -0.132. The number of carbonyl (C=O) groups excluding carboxylic acids is 2. The zero-order valence-corrected chi connectivity index (χ0v) is 25.8. The fourth-order valence-electron chi connectivity index (χ4n) is 5.80. The summed E-state index contributed by atoms with van der Waals surface area (Å²) in [7, 11) is -5.07. The fraction of sp³-hybridized carbons (Fsp3) is 0.212. The van der Waals surface area contributed by atoms with Gasteiger partial charge in [-0.3, -0.25) is 9.78 Å². The predicted octanol–water partition coefficient (Wildman–Crippen LogP) is 4.57. The van der Waals surface area contributed by atoms with Gasteiger partial charge in [0.05, 0.1) is 29.5 Å². The number of fused-ring (bicyclic) bond motifs is 1. The SMILES string of the molecule is CCOc1ccccc1C1(OC(=O)N2CCN(c3ccncc3)CC2)C(=O)N(S(=O)(=O)c2ccc(F)cc2F)c2ccc(C#N)cc21. The number of nitrogens with zero attached hydrogens (tertiary/aromatic N) is 5. The molecule has 1 unspecified atom stereocenters. The van der Waals surface area contributed by atoms with E-state index in [9.17, 15) is 32.0 Å². The minimum atomic E-state index is -5.07. The first-order valence-electron chi connectivity index (χ1n) is 14.6. The number of hydrogen-bond donors (Lipinski definition) is 0. The van der Waals surface area contributed by atoms with Crippen molar-refractivity contribution in [2.45, 2.75) is 17.4 Å². The summed E-state index contributed by atoms with van der Waals surface area (Å²) >= 11 is 0. The minimum absolute atomic E-state index is 0.00996. The maximum Gasteiger partial charge on any atom is 0.411 e. The van der Waals surface area contributed by atoms with Crippen LogP contribution in [0.25, 0.3) is 0 Å². The lowest BCUT2D eigenvalue weighted by Crippen LogP contribution is -2.53. The van der Waals surface area contributed by atoms with Crippen LogP contribution < -0.4 is 13.9 Å². The lowest BCUT2D eigenvalue weighted by Gasteiger charge is -2.38. The largest absolute Gasteiger partial charge is 0.493 e. The Morgan fingerprint density at radius 1 is 0.979 bits per heavy atom. The maximum absolute atomic E-state index is 15.0. The molecule has 0 spiro atoms. The number of amides is 2. The van der Waals surface area contributed by atoms with Crippen molar-refractivity contribution < 1.29 is 36.3 Å². The van der Waals surface area contributed by atoms with E-state index in [2.05, 4.69) is 4.98 Å². The number of pyridine rings is 1. The molecule has 240 valence electrons. The van der Waals surface area contributed by atoms with E-state index in [1.54, 1.807) is 31.5 Å². The summed E-state index contributed by atoms with van der Waals surface area (Å²) in [4.78, 5) is 35.3. The Kier molecular flexibility index (Phi) is 8.25. The molecule has 47 heavy (non-hydrogen) atoms. The molecule has 14 heteroatoms. The molecule has 2 amide bonds. The molecule has 4 aromatic rings. The van der Waals surface area contributed by atoms with Gasteiger partial charge in [-0.1, -0.05) is 18.2 Å². The van der Waals surface area contributed by atoms with Crippen LogP contribution >= 0.6 is 0 Å². The van der Waals surface area contributed by atoms with Crippen molar-refractivity contribution in [1.82, 2.24) is 9.88 Å². The normalized spacial score (nSPS) is 17.7. The van der Waals surface area contributed by atoms with E-state index >= 15 is 0 Å². The molecule has 11 nitrogen and oxygen atoms in total. The molecule has 0 bridgehead atoms. The Balaban J connectivity index is 1.49. The summed E-state index contributed by atoms with van der Waals surface area (Å²) in [6.07, 6.45) is 2.39. The maximum atomic E-state index is 15.0. The van der Waals surface area contributed by atoms with Crippen LogP contribution in [0.3, 0.4) is 0 Å². The Bertz CT molecular complexity index is 2020. The third kappa shape index (κ3) is 5.38. The number of sulfonamides is 1. The van der Waals surface area contributed by atoms with Crippen LogP contribution in [0.15, 0.2) is 90.1 Å². The van der Waals surface area contributed by atoms with Crippen molar-refractivity contribution in [3.8, 4) is 11.8 Å². The van der Waals surface area contributed by atoms with Gasteiger partial charge in [-0.05, 0) is 55.5 Å². The second kappa shape index (κ2) is 12.3. The van der Waals surface area contributed by atoms with Gasteiger partial charge in [-0.15, -0.1) is 0 Å². The van der Waals surface area contributed by atoms with Crippen LogP contribution in [0.2, 0.25) is 0 Å². The standard InChI is InChI=1S/C33H27F2N5O6S/c1-2-45-29-6-4-3-5-25(29)33(46-32(42)39-17-15-38(16-18-39)24-11-13-37-14-12-24)26-19-22(21-36)7-9-28(26)40(31(33)41)47(43,44)30-10-8-23(34)20-27(30)35/h3-14,19-20H,2,15-18H2,1H3. The highest BCUT2D eigenvalue weighted by molar-refractivity contribution is 7.93. The van der Waals surface area contributed by atoms with Crippen LogP contribution in [0.4, 0.5) is 25.0 Å². The second-order valence-electron chi connectivity index (χ2n) is 10.7. The molecular weight excluding hydrogens is 632 g/mol. The Morgan fingerprint density at radius 3 is 2.38 bits per heavy atom. The van der Waals surface area contributed by atoms with Crippen molar-refractivity contribution in [2.75, 3.05) is 42.0 Å². The average Bonchev–Trinajstić information content (AvgIpc) is 3.32. The van der Waals surface area contributed by atoms with Crippen LogP contribution in [0, 0.1) is 23.0 Å². The van der Waals surface area contributed by atoms with Crippen molar-refractivity contribution in [3.63, 3.8) is 0 Å². The molecule has 1 fully saturated rings. The zero-order valence-electron chi connectivity index (χ0n) is 25.0. The predicted molar refractivity (Wildman–Crippen MR) is 165 cm³/mol. The zero-order chi connectivity index (χ0) is 33.3. The molecular formula is C33H27F2N5O6S. The smallest absolute Gasteiger partial charge is 0.411 e. The molecule has 1 atom stereocenters. The Labute approximate surface area is 269 Å². The van der Waals surface area contributed by atoms with E-state index in [-0.39, 0.29) is 47.8 Å². The van der Waals surface area contributed by atoms with E-state index in [1.165, 1.54) is 35.2 Å². The highest BCUT2D eigenvalue weighted by Crippen LogP contribution is 2.52. The van der Waals surface area contributed by atoms with Gasteiger partial charge >= 0.3 is 6.09 Å². The average molecular weight is 660 g/mol. The molecule has 6 rings (SSSR count). The Hall–Kier alpha value is -5.55. The quantitative estimate of drug-likeness (QED) is 0.280. The fourth-order valence-corrected chi connectivity index (χ4v) is 7.31. The van der Waals surface area contributed by atoms with Gasteiger partial charge in [-0.25, -0.2) is 22.0 Å². The van der Waals surface area contributed by atoms with Crippen LogP contribution in [0.1, 0.15) is 23.6 Å². The number of rotatable bonds is 7. The third-order valence-electron chi connectivity index (χ3n) is 7.99. The number of aromatic nitrogens is 1. The first-order chi connectivity index (χ1) is 22.6. The summed E-state index contributed by atoms with van der Waals surface area (Å²) in [6, 6.07) is 17.4. The molecule has 1 aromatic heterocycles. The van der Waals surface area contributed by atoms with E-state index in [4.69, 9.17) is 9.47 Å². The summed E-state index contributed by atoms with van der Waals surface area (Å²) in [6.45, 7) is 3.09. The van der Waals surface area contributed by atoms with Crippen molar-refractivity contribution in [2.24, 2.45) is 0 Å². The number of para-hydroxylation sites is 1. The second-order valence-corrected chi connectivity index (χ2v) is 12.4. The van der Waals surface area contributed by atoms with Gasteiger partial charge in [0.2, 0.25) is 5.60 Å². The summed E-state index contributed by atoms with van der Waals surface area (Å²) in [5, 5.41) is 9.78. The first kappa shape index (κ1) is 31.4. The topological polar surface area (TPSA) is 133 Å². The summed E-state index contributed by atoms with van der Waals surface area (Å²) in [5.74, 6) is -3.61. The van der Waals surface area contributed by atoms with Crippen LogP contribution in [-0.2, 0) is 25.2 Å². The van der Waals surface area contributed by atoms with Gasteiger partial charge in [0.15, 0.2) is 0 Å². The van der Waals surface area contributed by atoms with E-state index in [1.807, 2.05) is 23.1 Å². The summed E-state index contributed by atoms with van der Waals surface area (Å²) < 4.78 is 69.2. The number of benzene rings is 3. The van der Waals surface area contributed by atoms with Gasteiger partial charge < -0.3 is 19.3 Å². The Morgan fingerprint density at radius 2 is 1.70 bits per heavy atom. The molecule has 1 saturated heterocycles. The van der Waals surface area contributed by atoms with Gasteiger partial charge in [0.1, 0.15) is 22.3 Å². The van der Waals surface area contributed by atoms with E-state index in [0.29, 0.717) is 29.5 Å². The molecule has 0 aliphatic carbocycles. The molecule has 0 saturated carbocycles. The van der Waals surface area contributed by atoms with E-state index < -0.39 is 44.2 Å². The number of halogens is 2.